The van der Waals surface area contributed by atoms with Crippen LogP contribution in [0.2, 0.25) is 0 Å². The fraction of sp³-hybridized carbons (Fsp3) is 0.615. The third-order valence-corrected chi connectivity index (χ3v) is 2.34. The third-order valence-electron chi connectivity index (χ3n) is 2.34. The zero-order valence-electron chi connectivity index (χ0n) is 12.0. The fourth-order valence-corrected chi connectivity index (χ4v) is 1.32. The second-order valence-electron chi connectivity index (χ2n) is 3.95. The number of hydrogen-bond acceptors (Lipinski definition) is 5. The standard InChI is InChI=1S/C13H22N4O3/c1-3-5-7-16-12(18)11(9-15)10-17(8-6-14)13(19)20-4-2/h10H,3-8,14H2,1-2H3,(H,16,18)/b11-10-. The van der Waals surface area contributed by atoms with Gasteiger partial charge in [-0.25, -0.2) is 4.79 Å². The van der Waals surface area contributed by atoms with Gasteiger partial charge in [-0.1, -0.05) is 13.3 Å². The van der Waals surface area contributed by atoms with Crippen LogP contribution in [0.25, 0.3) is 0 Å². The smallest absolute Gasteiger partial charge is 0.413 e. The lowest BCUT2D eigenvalue weighted by atomic mass is 10.2. The Balaban J connectivity index is 4.82. The Morgan fingerprint density at radius 1 is 1.45 bits per heavy atom. The normalized spacial score (nSPS) is 10.6. The molecule has 0 radical (unpaired) electrons. The number of nitrogens with two attached hydrogens (primary N) is 1. The van der Waals surface area contributed by atoms with Crippen molar-refractivity contribution >= 4 is 12.0 Å². The van der Waals surface area contributed by atoms with Gasteiger partial charge in [0.1, 0.15) is 11.6 Å². The molecule has 112 valence electrons. The molecule has 0 aliphatic carbocycles. The number of nitrogens with one attached hydrogen (secondary N) is 1. The Morgan fingerprint density at radius 3 is 2.65 bits per heavy atom. The maximum absolute atomic E-state index is 11.8. The van der Waals surface area contributed by atoms with E-state index in [1.807, 2.05) is 6.92 Å². The van der Waals surface area contributed by atoms with Crippen molar-refractivity contribution in [2.75, 3.05) is 26.2 Å². The first-order chi connectivity index (χ1) is 9.60. The largest absolute Gasteiger partial charge is 0.449 e. The van der Waals surface area contributed by atoms with Gasteiger partial charge < -0.3 is 15.8 Å². The Bertz CT molecular complexity index is 388. The minimum absolute atomic E-state index is 0.150. The van der Waals surface area contributed by atoms with Crippen molar-refractivity contribution in [2.24, 2.45) is 5.73 Å². The van der Waals surface area contributed by atoms with Gasteiger partial charge in [0.25, 0.3) is 5.91 Å². The van der Waals surface area contributed by atoms with E-state index in [0.717, 1.165) is 17.7 Å². The molecule has 3 N–H and O–H groups in total. The van der Waals surface area contributed by atoms with Crippen LogP contribution in [0.15, 0.2) is 11.8 Å². The Morgan fingerprint density at radius 2 is 2.15 bits per heavy atom. The second kappa shape index (κ2) is 10.8. The highest BCUT2D eigenvalue weighted by molar-refractivity contribution is 5.97. The van der Waals surface area contributed by atoms with E-state index in [4.69, 9.17) is 15.7 Å². The molecule has 0 aromatic carbocycles. The number of rotatable bonds is 8. The molecule has 2 amide bonds. The van der Waals surface area contributed by atoms with Gasteiger partial charge in [0.05, 0.1) is 6.61 Å². The van der Waals surface area contributed by atoms with E-state index in [1.165, 1.54) is 6.20 Å². The van der Waals surface area contributed by atoms with Crippen LogP contribution in [0.4, 0.5) is 4.79 Å². The number of unbranched alkanes of at least 4 members (excludes halogenated alkanes) is 1. The summed E-state index contributed by atoms with van der Waals surface area (Å²) in [6.45, 7) is 4.74. The molecule has 0 aromatic heterocycles. The van der Waals surface area contributed by atoms with E-state index >= 15 is 0 Å². The van der Waals surface area contributed by atoms with Crippen LogP contribution in [0.1, 0.15) is 26.7 Å². The lowest BCUT2D eigenvalue weighted by Gasteiger charge is -2.17. The van der Waals surface area contributed by atoms with Gasteiger partial charge in [-0.3, -0.25) is 9.69 Å². The minimum atomic E-state index is -0.632. The number of ether oxygens (including phenoxy) is 1. The number of hydrogen-bond donors (Lipinski definition) is 2. The highest BCUT2D eigenvalue weighted by atomic mass is 16.6. The first-order valence-corrected chi connectivity index (χ1v) is 6.64. The van der Waals surface area contributed by atoms with Crippen LogP contribution in [-0.4, -0.2) is 43.1 Å². The predicted molar refractivity (Wildman–Crippen MR) is 74.4 cm³/mol. The summed E-state index contributed by atoms with van der Waals surface area (Å²) in [5, 5.41) is 11.6. The molecule has 0 spiro atoms. The molecule has 7 heteroatoms. The van der Waals surface area contributed by atoms with E-state index in [2.05, 4.69) is 5.32 Å². The van der Waals surface area contributed by atoms with Crippen LogP contribution in [0.5, 0.6) is 0 Å². The maximum atomic E-state index is 11.8. The molecular weight excluding hydrogens is 260 g/mol. The molecule has 0 bridgehead atoms. The van der Waals surface area contributed by atoms with Gasteiger partial charge in [-0.05, 0) is 13.3 Å². The molecular formula is C13H22N4O3. The van der Waals surface area contributed by atoms with E-state index in [1.54, 1.807) is 13.0 Å². The Labute approximate surface area is 119 Å². The summed E-state index contributed by atoms with van der Waals surface area (Å²) >= 11 is 0. The van der Waals surface area contributed by atoms with E-state index in [0.29, 0.717) is 6.54 Å². The molecule has 0 fully saturated rings. The molecule has 0 saturated heterocycles. The first kappa shape index (κ1) is 17.9. The lowest BCUT2D eigenvalue weighted by Crippen LogP contribution is -2.33. The average molecular weight is 282 g/mol. The highest BCUT2D eigenvalue weighted by Gasteiger charge is 2.16. The second-order valence-corrected chi connectivity index (χ2v) is 3.95. The summed E-state index contributed by atoms with van der Waals surface area (Å²) < 4.78 is 4.83. The summed E-state index contributed by atoms with van der Waals surface area (Å²) in [7, 11) is 0. The van der Waals surface area contributed by atoms with Gasteiger partial charge in [0.15, 0.2) is 0 Å². The van der Waals surface area contributed by atoms with E-state index in [-0.39, 0.29) is 25.3 Å². The van der Waals surface area contributed by atoms with Crippen LogP contribution in [0, 0.1) is 11.3 Å². The van der Waals surface area contributed by atoms with Crippen LogP contribution in [-0.2, 0) is 9.53 Å². The van der Waals surface area contributed by atoms with Crippen molar-refractivity contribution in [1.29, 1.82) is 5.26 Å². The molecule has 0 saturated carbocycles. The monoisotopic (exact) mass is 282 g/mol. The molecule has 0 rings (SSSR count). The summed E-state index contributed by atoms with van der Waals surface area (Å²) in [5.74, 6) is -0.507. The van der Waals surface area contributed by atoms with Crippen molar-refractivity contribution < 1.29 is 14.3 Å². The van der Waals surface area contributed by atoms with Gasteiger partial charge >= 0.3 is 6.09 Å². The summed E-state index contributed by atoms with van der Waals surface area (Å²) in [6, 6.07) is 1.77. The number of amides is 2. The van der Waals surface area contributed by atoms with Crippen molar-refractivity contribution in [1.82, 2.24) is 10.2 Å². The first-order valence-electron chi connectivity index (χ1n) is 6.64. The van der Waals surface area contributed by atoms with Gasteiger partial charge in [-0.2, -0.15) is 5.26 Å². The van der Waals surface area contributed by atoms with Gasteiger partial charge in [0.2, 0.25) is 0 Å². The van der Waals surface area contributed by atoms with Crippen LogP contribution < -0.4 is 11.1 Å². The minimum Gasteiger partial charge on any atom is -0.449 e. The fourth-order valence-electron chi connectivity index (χ4n) is 1.32. The van der Waals surface area contributed by atoms with Gasteiger partial charge in [-0.15, -0.1) is 0 Å². The number of nitriles is 1. The predicted octanol–water partition coefficient (Wildman–Crippen LogP) is 0.727. The van der Waals surface area contributed by atoms with E-state index < -0.39 is 12.0 Å². The lowest BCUT2D eigenvalue weighted by molar-refractivity contribution is -0.117. The van der Waals surface area contributed by atoms with Crippen LogP contribution >= 0.6 is 0 Å². The summed E-state index contributed by atoms with van der Waals surface area (Å²) in [4.78, 5) is 24.5. The highest BCUT2D eigenvalue weighted by Crippen LogP contribution is 2.01. The Kier molecular flexibility index (Phi) is 9.70. The molecule has 0 atom stereocenters. The van der Waals surface area contributed by atoms with Crippen molar-refractivity contribution in [3.05, 3.63) is 11.8 Å². The van der Waals surface area contributed by atoms with Crippen molar-refractivity contribution in [3.8, 4) is 6.07 Å². The average Bonchev–Trinajstić information content (AvgIpc) is 2.43. The van der Waals surface area contributed by atoms with Crippen LogP contribution in [0.3, 0.4) is 0 Å². The molecule has 20 heavy (non-hydrogen) atoms. The summed E-state index contributed by atoms with van der Waals surface area (Å²) in [5.41, 5.74) is 5.24. The summed E-state index contributed by atoms with van der Waals surface area (Å²) in [6.07, 6.45) is 2.31. The zero-order chi connectivity index (χ0) is 15.4. The topological polar surface area (TPSA) is 108 Å². The molecule has 0 aromatic rings. The Hall–Kier alpha value is -2.07. The molecule has 0 aliphatic heterocycles. The van der Waals surface area contributed by atoms with Gasteiger partial charge in [0, 0.05) is 25.8 Å². The molecule has 0 heterocycles. The number of carbonyl (C=O) groups is 2. The molecule has 0 aliphatic rings. The molecule has 0 unspecified atom stereocenters. The zero-order valence-corrected chi connectivity index (χ0v) is 12.0. The number of nitrogens with zero attached hydrogens (tertiary/aromatic N) is 2. The molecule has 7 nitrogen and oxygen atoms in total. The van der Waals surface area contributed by atoms with Crippen molar-refractivity contribution in [3.63, 3.8) is 0 Å². The number of carbonyl (C=O) groups excluding carboxylic acids is 2. The quantitative estimate of drug-likeness (QED) is 0.387. The SMILES string of the molecule is CCCCNC(=O)/C(C#N)=C\N(CCN)C(=O)OCC. The maximum Gasteiger partial charge on any atom is 0.413 e. The third kappa shape index (κ3) is 6.75. The van der Waals surface area contributed by atoms with Crippen molar-refractivity contribution in [2.45, 2.75) is 26.7 Å². The van der Waals surface area contributed by atoms with E-state index in [9.17, 15) is 9.59 Å².